The first-order chi connectivity index (χ1) is 12.5. The highest BCUT2D eigenvalue weighted by Gasteiger charge is 2.38. The van der Waals surface area contributed by atoms with Crippen LogP contribution in [0.1, 0.15) is 12.5 Å². The third-order valence-corrected chi connectivity index (χ3v) is 4.77. The maximum Gasteiger partial charge on any atom is 0.351 e. The number of thioether (sulfide) groups is 1. The molecule has 1 unspecified atom stereocenters. The molecule has 26 heavy (non-hydrogen) atoms. The summed E-state index contributed by atoms with van der Waals surface area (Å²) in [6.45, 7) is 5.51. The number of rotatable bonds is 6. The van der Waals surface area contributed by atoms with E-state index in [0.717, 1.165) is 17.3 Å². The minimum absolute atomic E-state index is 0.0179. The smallest absolute Gasteiger partial charge is 0.351 e. The van der Waals surface area contributed by atoms with Gasteiger partial charge in [0.05, 0.1) is 0 Å². The minimum Gasteiger partial charge on any atom is -0.457 e. The molecule has 0 aromatic heterocycles. The van der Waals surface area contributed by atoms with Gasteiger partial charge in [-0.1, -0.05) is 48.7 Å². The summed E-state index contributed by atoms with van der Waals surface area (Å²) in [4.78, 5) is 26.0. The van der Waals surface area contributed by atoms with Gasteiger partial charge in [-0.2, -0.15) is 5.26 Å². The molecule has 7 heteroatoms. The summed E-state index contributed by atoms with van der Waals surface area (Å²) in [7, 11) is 0. The van der Waals surface area contributed by atoms with Gasteiger partial charge in [0.15, 0.2) is 5.57 Å². The lowest BCUT2D eigenvalue weighted by molar-refractivity contribution is -0.137. The van der Waals surface area contributed by atoms with Gasteiger partial charge in [-0.05, 0) is 24.6 Å². The van der Waals surface area contributed by atoms with E-state index in [9.17, 15) is 19.2 Å². The summed E-state index contributed by atoms with van der Waals surface area (Å²) in [5, 5.41) is 9.04. The Labute approximate surface area is 155 Å². The summed E-state index contributed by atoms with van der Waals surface area (Å²) in [5.74, 6) is -1.35. The molecule has 0 radical (unpaired) electrons. The van der Waals surface area contributed by atoms with Gasteiger partial charge in [-0.3, -0.25) is 4.79 Å². The molecule has 1 atom stereocenters. The van der Waals surface area contributed by atoms with Crippen molar-refractivity contribution in [2.24, 2.45) is 0 Å². The second-order valence-electron chi connectivity index (χ2n) is 5.21. The Morgan fingerprint density at radius 3 is 2.73 bits per heavy atom. The van der Waals surface area contributed by atoms with Gasteiger partial charge < -0.3 is 9.64 Å². The molecule has 0 N–H and O–H groups in total. The fourth-order valence-electron chi connectivity index (χ4n) is 2.26. The van der Waals surface area contributed by atoms with Crippen LogP contribution in [0.15, 0.2) is 53.6 Å². The van der Waals surface area contributed by atoms with E-state index in [1.807, 2.05) is 6.07 Å². The number of amides is 1. The average Bonchev–Trinajstić information content (AvgIpc) is 2.95. The summed E-state index contributed by atoms with van der Waals surface area (Å²) in [5.41, 5.74) is 0.538. The number of hydrogen-bond donors (Lipinski definition) is 0. The fourth-order valence-corrected chi connectivity index (χ4v) is 3.48. The second kappa shape index (κ2) is 9.02. The van der Waals surface area contributed by atoms with Crippen LogP contribution in [0.5, 0.6) is 0 Å². The van der Waals surface area contributed by atoms with Gasteiger partial charge in [-0.15, -0.1) is 0 Å². The molecule has 1 aromatic carbocycles. The highest BCUT2D eigenvalue weighted by Crippen LogP contribution is 2.38. The highest BCUT2D eigenvalue weighted by molar-refractivity contribution is 8.05. The number of carbonyl (C=O) groups is 2. The third kappa shape index (κ3) is 4.41. The van der Waals surface area contributed by atoms with Crippen molar-refractivity contribution in [3.05, 3.63) is 65.0 Å². The second-order valence-corrected chi connectivity index (χ2v) is 6.34. The Balaban J connectivity index is 2.27. The van der Waals surface area contributed by atoms with Crippen LogP contribution in [-0.2, 0) is 14.3 Å². The molecule has 1 aliphatic heterocycles. The molecule has 1 aliphatic rings. The van der Waals surface area contributed by atoms with Crippen LogP contribution in [-0.4, -0.2) is 35.2 Å². The van der Waals surface area contributed by atoms with Crippen LogP contribution in [0.25, 0.3) is 6.08 Å². The molecule has 1 fully saturated rings. The van der Waals surface area contributed by atoms with Crippen molar-refractivity contribution in [1.82, 2.24) is 4.90 Å². The standard InChI is InChI=1S/C19H17FN2O3S/c1-3-11-25-19(24)15(12-21)18-22(4-2)17(23)16(26-18)10-7-13-5-8-14(20)9-6-13/h3,5-10,16H,1,4,11H2,2H3/b10-7-,18-15-. The zero-order valence-corrected chi connectivity index (χ0v) is 15.0. The number of nitriles is 1. The molecule has 1 heterocycles. The topological polar surface area (TPSA) is 70.4 Å². The number of benzene rings is 1. The van der Waals surface area contributed by atoms with Crippen molar-refractivity contribution >= 4 is 29.7 Å². The first-order valence-electron chi connectivity index (χ1n) is 7.86. The maximum atomic E-state index is 13.0. The predicted octanol–water partition coefficient (Wildman–Crippen LogP) is 3.27. The Bertz CT molecular complexity index is 809. The van der Waals surface area contributed by atoms with Gasteiger partial charge in [0.1, 0.15) is 28.8 Å². The van der Waals surface area contributed by atoms with Crippen molar-refractivity contribution in [1.29, 1.82) is 5.26 Å². The molecule has 5 nitrogen and oxygen atoms in total. The normalized spacial score (nSPS) is 18.7. The lowest BCUT2D eigenvalue weighted by Crippen LogP contribution is -2.28. The number of esters is 1. The predicted molar refractivity (Wildman–Crippen MR) is 98.0 cm³/mol. The SMILES string of the molecule is C=CCOC(=O)/C(C#N)=C1\SC(/C=C\c2ccc(F)cc2)C(=O)N1CC. The van der Waals surface area contributed by atoms with Gasteiger partial charge in [0.25, 0.3) is 0 Å². The number of ether oxygens (including phenoxy) is 1. The lowest BCUT2D eigenvalue weighted by Gasteiger charge is -2.15. The molecule has 0 aliphatic carbocycles. The number of halogens is 1. The largest absolute Gasteiger partial charge is 0.457 e. The van der Waals surface area contributed by atoms with E-state index in [0.29, 0.717) is 6.54 Å². The van der Waals surface area contributed by atoms with E-state index in [2.05, 4.69) is 6.58 Å². The molecule has 2 rings (SSSR count). The Hall–Kier alpha value is -2.85. The first kappa shape index (κ1) is 19.5. The zero-order valence-electron chi connectivity index (χ0n) is 14.1. The number of nitrogens with zero attached hydrogens (tertiary/aromatic N) is 2. The van der Waals surface area contributed by atoms with Crippen molar-refractivity contribution in [3.8, 4) is 6.07 Å². The molecule has 0 bridgehead atoms. The highest BCUT2D eigenvalue weighted by atomic mass is 32.2. The average molecular weight is 372 g/mol. The van der Waals surface area contributed by atoms with E-state index in [-0.39, 0.29) is 28.9 Å². The van der Waals surface area contributed by atoms with Gasteiger partial charge in [0, 0.05) is 6.54 Å². The molecule has 0 saturated carbocycles. The van der Waals surface area contributed by atoms with Gasteiger partial charge in [0.2, 0.25) is 5.91 Å². The van der Waals surface area contributed by atoms with E-state index in [1.165, 1.54) is 23.1 Å². The quantitative estimate of drug-likeness (QED) is 0.332. The summed E-state index contributed by atoms with van der Waals surface area (Å²) in [6.07, 6.45) is 4.77. The molecule has 1 saturated heterocycles. The molecule has 1 aromatic rings. The van der Waals surface area contributed by atoms with Crippen molar-refractivity contribution in [3.63, 3.8) is 0 Å². The van der Waals surface area contributed by atoms with Gasteiger partial charge in [-0.25, -0.2) is 9.18 Å². The van der Waals surface area contributed by atoms with Crippen molar-refractivity contribution < 1.29 is 18.7 Å². The first-order valence-corrected chi connectivity index (χ1v) is 8.74. The molecular weight excluding hydrogens is 355 g/mol. The Morgan fingerprint density at radius 2 is 2.15 bits per heavy atom. The van der Waals surface area contributed by atoms with Crippen molar-refractivity contribution in [2.45, 2.75) is 12.2 Å². The zero-order chi connectivity index (χ0) is 19.1. The van der Waals surface area contributed by atoms with Crippen LogP contribution in [0.4, 0.5) is 4.39 Å². The summed E-state index contributed by atoms with van der Waals surface area (Å²) in [6, 6.07) is 7.68. The third-order valence-electron chi connectivity index (χ3n) is 3.50. The molecule has 134 valence electrons. The molecule has 1 amide bonds. The van der Waals surface area contributed by atoms with Crippen molar-refractivity contribution in [2.75, 3.05) is 13.2 Å². The van der Waals surface area contributed by atoms with E-state index in [1.54, 1.807) is 31.2 Å². The Kier molecular flexibility index (Phi) is 6.75. The van der Waals surface area contributed by atoms with E-state index in [4.69, 9.17) is 4.74 Å². The minimum atomic E-state index is -0.788. The monoisotopic (exact) mass is 372 g/mol. The summed E-state index contributed by atoms with van der Waals surface area (Å²) >= 11 is 1.11. The van der Waals surface area contributed by atoms with Gasteiger partial charge >= 0.3 is 5.97 Å². The number of hydrogen-bond acceptors (Lipinski definition) is 5. The van der Waals surface area contributed by atoms with Crippen LogP contribution in [0.2, 0.25) is 0 Å². The van der Waals surface area contributed by atoms with Crippen LogP contribution >= 0.6 is 11.8 Å². The number of carbonyl (C=O) groups excluding carboxylic acids is 2. The summed E-state index contributed by atoms with van der Waals surface area (Å²) < 4.78 is 17.9. The Morgan fingerprint density at radius 1 is 1.46 bits per heavy atom. The molecule has 0 spiro atoms. The van der Waals surface area contributed by atoms with E-state index >= 15 is 0 Å². The fraction of sp³-hybridized carbons (Fsp3) is 0.211. The van der Waals surface area contributed by atoms with Crippen LogP contribution < -0.4 is 0 Å². The van der Waals surface area contributed by atoms with Crippen LogP contribution in [0.3, 0.4) is 0 Å². The lowest BCUT2D eigenvalue weighted by atomic mass is 10.2. The maximum absolute atomic E-state index is 13.0. The van der Waals surface area contributed by atoms with E-state index < -0.39 is 11.2 Å². The van der Waals surface area contributed by atoms with Crippen LogP contribution in [0, 0.1) is 17.1 Å². The molecular formula is C19H17FN2O3S.